The van der Waals surface area contributed by atoms with Crippen molar-refractivity contribution in [3.8, 4) is 6.07 Å². The molecule has 13 heavy (non-hydrogen) atoms. The van der Waals surface area contributed by atoms with E-state index < -0.39 is 0 Å². The van der Waals surface area contributed by atoms with Gasteiger partial charge >= 0.3 is 0 Å². The van der Waals surface area contributed by atoms with Crippen LogP contribution >= 0.6 is 11.8 Å². The summed E-state index contributed by atoms with van der Waals surface area (Å²) in [5.74, 6) is 0.952. The fourth-order valence-electron chi connectivity index (χ4n) is 1.18. The molecular formula is C11H11NS. The lowest BCUT2D eigenvalue weighted by Gasteiger charge is -2.04. The largest absolute Gasteiger partial charge is 0.198 e. The molecule has 0 N–H and O–H groups in total. The molecule has 1 nitrogen and oxygen atoms in total. The van der Waals surface area contributed by atoms with Crippen molar-refractivity contribution in [3.63, 3.8) is 0 Å². The lowest BCUT2D eigenvalue weighted by Crippen LogP contribution is -1.98. The minimum Gasteiger partial charge on any atom is -0.198 e. The van der Waals surface area contributed by atoms with Crippen molar-refractivity contribution in [2.45, 2.75) is 17.7 Å². The second-order valence-electron chi connectivity index (χ2n) is 3.49. The van der Waals surface area contributed by atoms with E-state index in [0.717, 1.165) is 18.6 Å². The molecule has 0 spiro atoms. The lowest BCUT2D eigenvalue weighted by molar-refractivity contribution is 0.782. The van der Waals surface area contributed by atoms with E-state index in [0.29, 0.717) is 0 Å². The highest BCUT2D eigenvalue weighted by Crippen LogP contribution is 2.48. The lowest BCUT2D eigenvalue weighted by atomic mass is 10.2. The molecule has 0 atom stereocenters. The first-order valence-electron chi connectivity index (χ1n) is 4.44. The van der Waals surface area contributed by atoms with Crippen LogP contribution in [0.2, 0.25) is 0 Å². The van der Waals surface area contributed by atoms with Gasteiger partial charge in [-0.1, -0.05) is 18.2 Å². The molecule has 0 radical (unpaired) electrons. The topological polar surface area (TPSA) is 23.8 Å². The Balaban J connectivity index is 1.91. The minimum atomic E-state index is 0.0144. The van der Waals surface area contributed by atoms with Gasteiger partial charge in [0.15, 0.2) is 0 Å². The van der Waals surface area contributed by atoms with Crippen LogP contribution in [0.25, 0.3) is 0 Å². The van der Waals surface area contributed by atoms with Gasteiger partial charge in [-0.05, 0) is 25.0 Å². The summed E-state index contributed by atoms with van der Waals surface area (Å²) >= 11 is 1.79. The molecule has 0 aliphatic heterocycles. The second kappa shape index (κ2) is 3.43. The van der Waals surface area contributed by atoms with Crippen molar-refractivity contribution < 1.29 is 0 Å². The van der Waals surface area contributed by atoms with Gasteiger partial charge in [0.2, 0.25) is 0 Å². The zero-order chi connectivity index (χ0) is 9.15. The second-order valence-corrected chi connectivity index (χ2v) is 4.54. The van der Waals surface area contributed by atoms with E-state index in [1.54, 1.807) is 11.8 Å². The maximum atomic E-state index is 8.87. The summed E-state index contributed by atoms with van der Waals surface area (Å²) in [5.41, 5.74) is 0.0144. The monoisotopic (exact) mass is 189 g/mol. The summed E-state index contributed by atoms with van der Waals surface area (Å²) in [7, 11) is 0. The van der Waals surface area contributed by atoms with Crippen molar-refractivity contribution in [2.24, 2.45) is 5.41 Å². The van der Waals surface area contributed by atoms with E-state index in [1.165, 1.54) is 4.90 Å². The Kier molecular flexibility index (Phi) is 2.28. The molecule has 0 aromatic heterocycles. The number of thioether (sulfide) groups is 1. The SMILES string of the molecule is N#CC1(CSc2ccccc2)CC1. The first-order chi connectivity index (χ1) is 6.35. The van der Waals surface area contributed by atoms with E-state index in [2.05, 4.69) is 18.2 Å². The van der Waals surface area contributed by atoms with Crippen LogP contribution < -0.4 is 0 Å². The fourth-order valence-corrected chi connectivity index (χ4v) is 2.32. The fraction of sp³-hybridized carbons (Fsp3) is 0.364. The van der Waals surface area contributed by atoms with Gasteiger partial charge < -0.3 is 0 Å². The Morgan fingerprint density at radius 2 is 2.00 bits per heavy atom. The number of hydrogen-bond acceptors (Lipinski definition) is 2. The highest BCUT2D eigenvalue weighted by Gasteiger charge is 2.42. The highest BCUT2D eigenvalue weighted by molar-refractivity contribution is 7.99. The zero-order valence-corrected chi connectivity index (χ0v) is 8.18. The Bertz CT molecular complexity index is 322. The molecule has 0 bridgehead atoms. The van der Waals surface area contributed by atoms with Crippen molar-refractivity contribution >= 4 is 11.8 Å². The molecule has 1 aliphatic carbocycles. The summed E-state index contributed by atoms with van der Waals surface area (Å²) in [6.07, 6.45) is 2.17. The third-order valence-electron chi connectivity index (χ3n) is 2.35. The number of hydrogen-bond donors (Lipinski definition) is 0. The average Bonchev–Trinajstić information content (AvgIpc) is 2.97. The van der Waals surface area contributed by atoms with Gasteiger partial charge in [0.25, 0.3) is 0 Å². The summed E-state index contributed by atoms with van der Waals surface area (Å²) in [4.78, 5) is 1.27. The molecule has 0 amide bonds. The summed E-state index contributed by atoms with van der Waals surface area (Å²) in [5, 5.41) is 8.87. The predicted octanol–water partition coefficient (Wildman–Crippen LogP) is 3.08. The van der Waals surface area contributed by atoms with Crippen LogP contribution in [0.15, 0.2) is 35.2 Å². The Hall–Kier alpha value is -0.940. The van der Waals surface area contributed by atoms with E-state index >= 15 is 0 Å². The summed E-state index contributed by atoms with van der Waals surface area (Å²) in [6.45, 7) is 0. The third kappa shape index (κ3) is 2.05. The van der Waals surface area contributed by atoms with Gasteiger partial charge in [-0.15, -0.1) is 11.8 Å². The van der Waals surface area contributed by atoms with Gasteiger partial charge in [-0.3, -0.25) is 0 Å². The van der Waals surface area contributed by atoms with Crippen LogP contribution in [-0.2, 0) is 0 Å². The normalized spacial score (nSPS) is 17.8. The van der Waals surface area contributed by atoms with Gasteiger partial charge in [-0.2, -0.15) is 5.26 Å². The number of rotatable bonds is 3. The van der Waals surface area contributed by atoms with Crippen LogP contribution in [0.5, 0.6) is 0 Å². The maximum absolute atomic E-state index is 8.87. The molecule has 2 heteroatoms. The van der Waals surface area contributed by atoms with Crippen molar-refractivity contribution in [1.82, 2.24) is 0 Å². The van der Waals surface area contributed by atoms with Crippen LogP contribution in [0.4, 0.5) is 0 Å². The van der Waals surface area contributed by atoms with Gasteiger partial charge in [0.05, 0.1) is 11.5 Å². The van der Waals surface area contributed by atoms with E-state index in [-0.39, 0.29) is 5.41 Å². The highest BCUT2D eigenvalue weighted by atomic mass is 32.2. The van der Waals surface area contributed by atoms with Crippen molar-refractivity contribution in [1.29, 1.82) is 5.26 Å². The molecule has 1 fully saturated rings. The first kappa shape index (κ1) is 8.65. The Morgan fingerprint density at radius 3 is 2.54 bits per heavy atom. The van der Waals surface area contributed by atoms with Gasteiger partial charge in [0.1, 0.15) is 0 Å². The van der Waals surface area contributed by atoms with Gasteiger partial charge in [-0.25, -0.2) is 0 Å². The molecule has 66 valence electrons. The van der Waals surface area contributed by atoms with Crippen LogP contribution in [0, 0.1) is 16.7 Å². The molecule has 1 aromatic carbocycles. The molecule has 2 rings (SSSR count). The summed E-state index contributed by atoms with van der Waals surface area (Å²) < 4.78 is 0. The summed E-state index contributed by atoms with van der Waals surface area (Å²) in [6, 6.07) is 12.7. The third-order valence-corrected chi connectivity index (χ3v) is 3.65. The Morgan fingerprint density at radius 1 is 1.31 bits per heavy atom. The molecule has 1 aliphatic rings. The van der Waals surface area contributed by atoms with E-state index in [1.807, 2.05) is 18.2 Å². The zero-order valence-electron chi connectivity index (χ0n) is 7.36. The average molecular weight is 189 g/mol. The number of nitriles is 1. The molecule has 0 heterocycles. The number of benzene rings is 1. The van der Waals surface area contributed by atoms with E-state index in [9.17, 15) is 0 Å². The maximum Gasteiger partial charge on any atom is 0.0698 e. The van der Waals surface area contributed by atoms with Crippen LogP contribution in [0.3, 0.4) is 0 Å². The molecular weight excluding hydrogens is 178 g/mol. The van der Waals surface area contributed by atoms with Crippen molar-refractivity contribution in [2.75, 3.05) is 5.75 Å². The van der Waals surface area contributed by atoms with Gasteiger partial charge in [0, 0.05) is 10.6 Å². The van der Waals surface area contributed by atoms with Crippen molar-refractivity contribution in [3.05, 3.63) is 30.3 Å². The Labute approximate surface area is 82.8 Å². The quantitative estimate of drug-likeness (QED) is 0.682. The number of nitrogens with zero attached hydrogens (tertiary/aromatic N) is 1. The first-order valence-corrected chi connectivity index (χ1v) is 5.42. The molecule has 0 unspecified atom stereocenters. The van der Waals surface area contributed by atoms with Crippen LogP contribution in [-0.4, -0.2) is 5.75 Å². The standard InChI is InChI=1S/C11H11NS/c12-8-11(6-7-11)9-13-10-4-2-1-3-5-10/h1-5H,6-7,9H2. The molecule has 0 saturated heterocycles. The molecule has 1 aromatic rings. The van der Waals surface area contributed by atoms with Crippen LogP contribution in [0.1, 0.15) is 12.8 Å². The predicted molar refractivity (Wildman–Crippen MR) is 54.4 cm³/mol. The molecule has 1 saturated carbocycles. The smallest absolute Gasteiger partial charge is 0.0698 e. The minimum absolute atomic E-state index is 0.0144. The van der Waals surface area contributed by atoms with E-state index in [4.69, 9.17) is 5.26 Å².